The van der Waals surface area contributed by atoms with Crippen LogP contribution in [0.2, 0.25) is 0 Å². The number of carbonyl (C=O) groups is 1. The molecule has 88 valence electrons. The van der Waals surface area contributed by atoms with Crippen molar-refractivity contribution in [3.63, 3.8) is 0 Å². The molecule has 3 N–H and O–H groups in total. The van der Waals surface area contributed by atoms with Gasteiger partial charge in [-0.1, -0.05) is 5.16 Å². The third-order valence-corrected chi connectivity index (χ3v) is 2.77. The van der Waals surface area contributed by atoms with E-state index in [4.69, 9.17) is 10.9 Å². The van der Waals surface area contributed by atoms with Crippen molar-refractivity contribution in [1.29, 1.82) is 0 Å². The van der Waals surface area contributed by atoms with Crippen LogP contribution in [0.25, 0.3) is 0 Å². The SMILES string of the molecule is Cc1nc(CN(C)C(=O)CC(N)=NO)cs1. The van der Waals surface area contributed by atoms with Crippen molar-refractivity contribution in [2.75, 3.05) is 7.05 Å². The van der Waals surface area contributed by atoms with Crippen molar-refractivity contribution in [3.05, 3.63) is 16.1 Å². The average molecular weight is 242 g/mol. The second-order valence-electron chi connectivity index (χ2n) is 3.38. The van der Waals surface area contributed by atoms with Crippen LogP contribution >= 0.6 is 11.3 Å². The Hall–Kier alpha value is -1.63. The molecule has 1 aromatic rings. The molecular formula is C9H14N4O2S. The molecule has 0 fully saturated rings. The summed E-state index contributed by atoms with van der Waals surface area (Å²) in [5.41, 5.74) is 6.09. The largest absolute Gasteiger partial charge is 0.409 e. The number of aromatic nitrogens is 1. The van der Waals surface area contributed by atoms with Gasteiger partial charge in [-0.2, -0.15) is 0 Å². The number of rotatable bonds is 4. The van der Waals surface area contributed by atoms with Gasteiger partial charge < -0.3 is 15.8 Å². The van der Waals surface area contributed by atoms with Gasteiger partial charge in [0.1, 0.15) is 5.84 Å². The van der Waals surface area contributed by atoms with Crippen molar-refractivity contribution in [3.8, 4) is 0 Å². The minimum Gasteiger partial charge on any atom is -0.409 e. The molecule has 1 amide bonds. The van der Waals surface area contributed by atoms with Crippen molar-refractivity contribution in [1.82, 2.24) is 9.88 Å². The van der Waals surface area contributed by atoms with Crippen LogP contribution in [0, 0.1) is 6.92 Å². The van der Waals surface area contributed by atoms with E-state index in [9.17, 15) is 4.79 Å². The molecule has 7 heteroatoms. The zero-order valence-corrected chi connectivity index (χ0v) is 9.99. The standard InChI is InChI=1S/C9H14N4O2S/c1-6-11-7(5-16-6)4-13(2)9(14)3-8(10)12-15/h5,15H,3-4H2,1-2H3,(H2,10,12). The van der Waals surface area contributed by atoms with Crippen LogP contribution in [0.1, 0.15) is 17.1 Å². The molecule has 0 aliphatic carbocycles. The minimum atomic E-state index is -0.207. The van der Waals surface area contributed by atoms with E-state index in [1.165, 1.54) is 16.2 Å². The number of hydrogen-bond donors (Lipinski definition) is 2. The molecule has 0 spiro atoms. The maximum atomic E-state index is 11.6. The van der Waals surface area contributed by atoms with Gasteiger partial charge in [-0.25, -0.2) is 4.98 Å². The molecule has 1 heterocycles. The van der Waals surface area contributed by atoms with Crippen molar-refractivity contribution < 1.29 is 10.0 Å². The average Bonchev–Trinajstić information content (AvgIpc) is 2.63. The first-order valence-electron chi connectivity index (χ1n) is 4.64. The van der Waals surface area contributed by atoms with E-state index >= 15 is 0 Å². The van der Waals surface area contributed by atoms with Gasteiger partial charge >= 0.3 is 0 Å². The Morgan fingerprint density at radius 3 is 2.94 bits per heavy atom. The number of aryl methyl sites for hydroxylation is 1. The third-order valence-electron chi connectivity index (χ3n) is 1.95. The van der Waals surface area contributed by atoms with E-state index in [-0.39, 0.29) is 18.2 Å². The van der Waals surface area contributed by atoms with Crippen LogP contribution in [0.3, 0.4) is 0 Å². The fraction of sp³-hybridized carbons (Fsp3) is 0.444. The predicted molar refractivity (Wildman–Crippen MR) is 61.4 cm³/mol. The monoisotopic (exact) mass is 242 g/mol. The number of amides is 1. The van der Waals surface area contributed by atoms with Gasteiger partial charge in [0.25, 0.3) is 0 Å². The minimum absolute atomic E-state index is 0.0872. The van der Waals surface area contributed by atoms with E-state index in [0.717, 1.165) is 10.7 Å². The molecule has 0 unspecified atom stereocenters. The van der Waals surface area contributed by atoms with E-state index in [1.54, 1.807) is 7.05 Å². The van der Waals surface area contributed by atoms with E-state index in [0.29, 0.717) is 6.54 Å². The quantitative estimate of drug-likeness (QED) is 0.349. The van der Waals surface area contributed by atoms with Gasteiger partial charge in [0, 0.05) is 12.4 Å². The molecule has 16 heavy (non-hydrogen) atoms. The lowest BCUT2D eigenvalue weighted by molar-refractivity contribution is -0.129. The third kappa shape index (κ3) is 3.50. The maximum absolute atomic E-state index is 11.6. The van der Waals surface area contributed by atoms with Gasteiger partial charge in [0.05, 0.1) is 23.7 Å². The Bertz CT molecular complexity index is 402. The lowest BCUT2D eigenvalue weighted by Crippen LogP contribution is -2.30. The van der Waals surface area contributed by atoms with Crippen LogP contribution in [0.5, 0.6) is 0 Å². The highest BCUT2D eigenvalue weighted by atomic mass is 32.1. The van der Waals surface area contributed by atoms with Crippen molar-refractivity contribution in [2.45, 2.75) is 19.9 Å². The molecule has 0 atom stereocenters. The van der Waals surface area contributed by atoms with Gasteiger partial charge in [-0.05, 0) is 6.92 Å². The number of thiazole rings is 1. The van der Waals surface area contributed by atoms with E-state index in [1.807, 2.05) is 12.3 Å². The Labute approximate surface area is 97.4 Å². The molecule has 6 nitrogen and oxygen atoms in total. The highest BCUT2D eigenvalue weighted by Gasteiger charge is 2.12. The van der Waals surface area contributed by atoms with Crippen LogP contribution in [0.15, 0.2) is 10.5 Å². The highest BCUT2D eigenvalue weighted by molar-refractivity contribution is 7.09. The molecule has 1 rings (SSSR count). The number of carbonyl (C=O) groups excluding carboxylic acids is 1. The summed E-state index contributed by atoms with van der Waals surface area (Å²) in [6.07, 6.45) is -0.0872. The zero-order chi connectivity index (χ0) is 12.1. The van der Waals surface area contributed by atoms with E-state index in [2.05, 4.69) is 10.1 Å². The Morgan fingerprint density at radius 2 is 2.44 bits per heavy atom. The smallest absolute Gasteiger partial charge is 0.230 e. The lowest BCUT2D eigenvalue weighted by Gasteiger charge is -2.15. The zero-order valence-electron chi connectivity index (χ0n) is 9.17. The number of hydrogen-bond acceptors (Lipinski definition) is 5. The number of nitrogens with two attached hydrogens (primary N) is 1. The predicted octanol–water partition coefficient (Wildman–Crippen LogP) is 0.546. The molecule has 0 radical (unpaired) electrons. The van der Waals surface area contributed by atoms with E-state index < -0.39 is 0 Å². The van der Waals surface area contributed by atoms with Crippen LogP contribution in [-0.2, 0) is 11.3 Å². The molecule has 0 saturated carbocycles. The summed E-state index contributed by atoms with van der Waals surface area (Å²) in [7, 11) is 1.65. The second-order valence-corrected chi connectivity index (χ2v) is 4.44. The molecule has 0 bridgehead atoms. The number of nitrogens with zero attached hydrogens (tertiary/aromatic N) is 3. The van der Waals surface area contributed by atoms with Gasteiger partial charge in [-0.15, -0.1) is 11.3 Å². The van der Waals surface area contributed by atoms with Crippen molar-refractivity contribution in [2.24, 2.45) is 10.9 Å². The Morgan fingerprint density at radius 1 is 1.75 bits per heavy atom. The normalized spacial score (nSPS) is 11.5. The van der Waals surface area contributed by atoms with Crippen LogP contribution < -0.4 is 5.73 Å². The molecule has 0 aromatic carbocycles. The Kier molecular flexibility index (Phi) is 4.24. The lowest BCUT2D eigenvalue weighted by atomic mass is 10.3. The van der Waals surface area contributed by atoms with Gasteiger partial charge in [0.2, 0.25) is 5.91 Å². The summed E-state index contributed by atoms with van der Waals surface area (Å²) in [5, 5.41) is 14.0. The summed E-state index contributed by atoms with van der Waals surface area (Å²) < 4.78 is 0. The molecule has 0 aliphatic rings. The topological polar surface area (TPSA) is 91.8 Å². The summed E-state index contributed by atoms with van der Waals surface area (Å²) in [4.78, 5) is 17.3. The number of oxime groups is 1. The first-order chi connectivity index (χ1) is 7.52. The van der Waals surface area contributed by atoms with Crippen LogP contribution in [-0.4, -0.2) is 33.9 Å². The van der Waals surface area contributed by atoms with Gasteiger partial charge in [0.15, 0.2) is 0 Å². The van der Waals surface area contributed by atoms with Crippen molar-refractivity contribution >= 4 is 23.1 Å². The first kappa shape index (κ1) is 12.4. The Balaban J connectivity index is 2.52. The molecule has 0 aliphatic heterocycles. The summed E-state index contributed by atoms with van der Waals surface area (Å²) in [6.45, 7) is 2.34. The first-order valence-corrected chi connectivity index (χ1v) is 5.52. The maximum Gasteiger partial charge on any atom is 0.230 e. The molecule has 1 aromatic heterocycles. The van der Waals surface area contributed by atoms with Crippen LogP contribution in [0.4, 0.5) is 0 Å². The summed E-state index contributed by atoms with van der Waals surface area (Å²) >= 11 is 1.54. The number of amidine groups is 1. The fourth-order valence-corrected chi connectivity index (χ4v) is 1.74. The molecule has 0 saturated heterocycles. The highest BCUT2D eigenvalue weighted by Crippen LogP contribution is 2.10. The molecular weight excluding hydrogens is 228 g/mol. The van der Waals surface area contributed by atoms with Gasteiger partial charge in [-0.3, -0.25) is 4.79 Å². The fourth-order valence-electron chi connectivity index (χ4n) is 1.14. The summed E-state index contributed by atoms with van der Waals surface area (Å²) in [6, 6.07) is 0. The summed E-state index contributed by atoms with van der Waals surface area (Å²) in [5.74, 6) is -0.299. The second kappa shape index (κ2) is 5.45.